The Bertz CT molecular complexity index is 310. The summed E-state index contributed by atoms with van der Waals surface area (Å²) in [6, 6.07) is 4.21. The predicted octanol–water partition coefficient (Wildman–Crippen LogP) is 2.35. The van der Waals surface area contributed by atoms with Crippen LogP contribution in [0.15, 0.2) is 24.3 Å². The lowest BCUT2D eigenvalue weighted by molar-refractivity contribution is -0.0197. The van der Waals surface area contributed by atoms with E-state index in [-0.39, 0.29) is 5.56 Å². The van der Waals surface area contributed by atoms with Gasteiger partial charge in [-0.3, -0.25) is 0 Å². The Kier molecular flexibility index (Phi) is 3.16. The second-order valence-corrected chi connectivity index (χ2v) is 3.32. The van der Waals surface area contributed by atoms with Crippen LogP contribution in [0.4, 0.5) is 13.2 Å². The van der Waals surface area contributed by atoms with Gasteiger partial charge in [0, 0.05) is 6.42 Å². The lowest BCUT2D eigenvalue weighted by atomic mass is 10.0. The highest BCUT2D eigenvalue weighted by Crippen LogP contribution is 2.24. The highest BCUT2D eigenvalue weighted by Gasteiger charge is 2.34. The molecule has 0 saturated heterocycles. The lowest BCUT2D eigenvalue weighted by Crippen LogP contribution is -2.40. The van der Waals surface area contributed by atoms with E-state index in [2.05, 4.69) is 0 Å². The molecule has 0 radical (unpaired) electrons. The summed E-state index contributed by atoms with van der Waals surface area (Å²) < 4.78 is 39.3. The zero-order valence-electron chi connectivity index (χ0n) is 7.81. The van der Waals surface area contributed by atoms with Crippen LogP contribution >= 0.6 is 0 Å². The van der Waals surface area contributed by atoms with Crippen molar-refractivity contribution in [1.82, 2.24) is 0 Å². The Morgan fingerprint density at radius 1 is 1.36 bits per heavy atom. The van der Waals surface area contributed by atoms with Gasteiger partial charge in [-0.15, -0.1) is 0 Å². The molecule has 0 spiro atoms. The maximum absolute atomic E-state index is 13.1. The van der Waals surface area contributed by atoms with Crippen LogP contribution in [0, 0.1) is 5.82 Å². The molecule has 0 heterocycles. The first-order chi connectivity index (χ1) is 6.43. The van der Waals surface area contributed by atoms with E-state index < -0.39 is 24.2 Å². The van der Waals surface area contributed by atoms with Crippen molar-refractivity contribution in [3.63, 3.8) is 0 Å². The van der Waals surface area contributed by atoms with E-state index in [1.807, 2.05) is 0 Å². The molecule has 1 unspecified atom stereocenters. The van der Waals surface area contributed by atoms with Crippen molar-refractivity contribution >= 4 is 0 Å². The highest BCUT2D eigenvalue weighted by molar-refractivity contribution is 5.19. The topological polar surface area (TPSA) is 26.0 Å². The summed E-state index contributed by atoms with van der Waals surface area (Å²) in [7, 11) is 0. The number of nitrogens with two attached hydrogens (primary N) is 1. The van der Waals surface area contributed by atoms with Crippen molar-refractivity contribution in [3.8, 4) is 0 Å². The van der Waals surface area contributed by atoms with Crippen LogP contribution in [0.1, 0.15) is 12.5 Å². The van der Waals surface area contributed by atoms with Crippen LogP contribution < -0.4 is 5.73 Å². The van der Waals surface area contributed by atoms with Crippen LogP contribution in [0.3, 0.4) is 0 Å². The van der Waals surface area contributed by atoms with Gasteiger partial charge < -0.3 is 5.73 Å². The quantitative estimate of drug-likeness (QED) is 0.801. The van der Waals surface area contributed by atoms with Crippen LogP contribution in [-0.2, 0) is 6.42 Å². The third kappa shape index (κ3) is 2.48. The van der Waals surface area contributed by atoms with Crippen molar-refractivity contribution < 1.29 is 13.2 Å². The van der Waals surface area contributed by atoms with Crippen LogP contribution in [0.25, 0.3) is 0 Å². The fourth-order valence-corrected chi connectivity index (χ4v) is 1.06. The fourth-order valence-electron chi connectivity index (χ4n) is 1.06. The van der Waals surface area contributed by atoms with Crippen molar-refractivity contribution in [2.24, 2.45) is 5.73 Å². The van der Waals surface area contributed by atoms with Crippen LogP contribution in [-0.4, -0.2) is 12.0 Å². The summed E-state index contributed by atoms with van der Waals surface area (Å²) in [6.45, 7) is 1.21. The average Bonchev–Trinajstić information content (AvgIpc) is 2.08. The van der Waals surface area contributed by atoms with Gasteiger partial charge in [-0.2, -0.15) is 0 Å². The van der Waals surface area contributed by atoms with E-state index in [4.69, 9.17) is 5.73 Å². The van der Waals surface area contributed by atoms with Gasteiger partial charge >= 0.3 is 0 Å². The number of hydrogen-bond acceptors (Lipinski definition) is 1. The minimum Gasteiger partial charge on any atom is -0.323 e. The van der Waals surface area contributed by atoms with Gasteiger partial charge in [-0.25, -0.2) is 13.2 Å². The minimum absolute atomic E-state index is 0.00481. The van der Waals surface area contributed by atoms with Gasteiger partial charge in [0.2, 0.25) is 0 Å². The third-order valence-corrected chi connectivity index (χ3v) is 2.05. The van der Waals surface area contributed by atoms with Gasteiger partial charge in [0.15, 0.2) is 0 Å². The summed E-state index contributed by atoms with van der Waals surface area (Å²) in [4.78, 5) is 0. The zero-order chi connectivity index (χ0) is 10.8. The van der Waals surface area contributed by atoms with E-state index >= 15 is 0 Å². The molecule has 0 aliphatic carbocycles. The Hall–Kier alpha value is -1.03. The maximum Gasteiger partial charge on any atom is 0.266 e. The molecule has 0 aliphatic rings. The predicted molar refractivity (Wildman–Crippen MR) is 48.7 cm³/mol. The standard InChI is InChI=1S/C10H12F3N/c1-7(14)10(12,13)6-8-4-2-3-5-9(8)11/h2-5,7H,6,14H2,1H3. The molecular formula is C10H12F3N. The Labute approximate surface area is 80.7 Å². The maximum atomic E-state index is 13.1. The average molecular weight is 203 g/mol. The molecule has 0 bridgehead atoms. The second-order valence-electron chi connectivity index (χ2n) is 3.32. The summed E-state index contributed by atoms with van der Waals surface area (Å²) in [5.74, 6) is -3.69. The fraction of sp³-hybridized carbons (Fsp3) is 0.400. The largest absolute Gasteiger partial charge is 0.323 e. The van der Waals surface area contributed by atoms with Gasteiger partial charge in [0.05, 0.1) is 6.04 Å². The van der Waals surface area contributed by atoms with Crippen LogP contribution in [0.2, 0.25) is 0 Å². The number of hydrogen-bond donors (Lipinski definition) is 1. The molecule has 0 amide bonds. The Morgan fingerprint density at radius 3 is 2.43 bits per heavy atom. The number of rotatable bonds is 3. The minimum atomic E-state index is -3.07. The SMILES string of the molecule is CC(N)C(F)(F)Cc1ccccc1F. The second kappa shape index (κ2) is 4.00. The van der Waals surface area contributed by atoms with E-state index in [9.17, 15) is 13.2 Å². The smallest absolute Gasteiger partial charge is 0.266 e. The van der Waals surface area contributed by atoms with E-state index in [0.29, 0.717) is 0 Å². The van der Waals surface area contributed by atoms with Crippen molar-refractivity contribution in [2.75, 3.05) is 0 Å². The number of halogens is 3. The molecular weight excluding hydrogens is 191 g/mol. The summed E-state index contributed by atoms with van der Waals surface area (Å²) >= 11 is 0. The molecule has 1 aromatic rings. The highest BCUT2D eigenvalue weighted by atomic mass is 19.3. The Balaban J connectivity index is 2.84. The molecule has 0 fully saturated rings. The number of benzene rings is 1. The molecule has 2 N–H and O–H groups in total. The normalized spacial score (nSPS) is 14.1. The zero-order valence-corrected chi connectivity index (χ0v) is 7.81. The first-order valence-corrected chi connectivity index (χ1v) is 4.30. The molecule has 1 atom stereocenters. The monoisotopic (exact) mass is 203 g/mol. The molecule has 1 nitrogen and oxygen atoms in total. The lowest BCUT2D eigenvalue weighted by Gasteiger charge is -2.20. The first kappa shape index (κ1) is 11.0. The summed E-state index contributed by atoms with van der Waals surface area (Å²) in [5.41, 5.74) is 5.09. The van der Waals surface area contributed by atoms with Crippen molar-refractivity contribution in [3.05, 3.63) is 35.6 Å². The van der Waals surface area contributed by atoms with Gasteiger partial charge in [0.1, 0.15) is 5.82 Å². The van der Waals surface area contributed by atoms with Crippen molar-refractivity contribution in [2.45, 2.75) is 25.3 Å². The van der Waals surface area contributed by atoms with Crippen molar-refractivity contribution in [1.29, 1.82) is 0 Å². The molecule has 0 aliphatic heterocycles. The van der Waals surface area contributed by atoms with Gasteiger partial charge in [-0.1, -0.05) is 18.2 Å². The summed E-state index contributed by atoms with van der Waals surface area (Å²) in [5, 5.41) is 0. The molecule has 1 rings (SSSR count). The van der Waals surface area contributed by atoms with Gasteiger partial charge in [0.25, 0.3) is 5.92 Å². The summed E-state index contributed by atoms with van der Waals surface area (Å²) in [6.07, 6.45) is -0.655. The number of alkyl halides is 2. The molecule has 0 aromatic heterocycles. The van der Waals surface area contributed by atoms with Gasteiger partial charge in [-0.05, 0) is 18.6 Å². The molecule has 1 aromatic carbocycles. The molecule has 78 valence electrons. The Morgan fingerprint density at radius 2 is 1.93 bits per heavy atom. The first-order valence-electron chi connectivity index (χ1n) is 4.30. The third-order valence-electron chi connectivity index (χ3n) is 2.05. The van der Waals surface area contributed by atoms with E-state index in [0.717, 1.165) is 6.07 Å². The van der Waals surface area contributed by atoms with Crippen LogP contribution in [0.5, 0.6) is 0 Å². The molecule has 0 saturated carbocycles. The van der Waals surface area contributed by atoms with E-state index in [1.165, 1.54) is 25.1 Å². The van der Waals surface area contributed by atoms with E-state index in [1.54, 1.807) is 0 Å². The molecule has 4 heteroatoms. The molecule has 14 heavy (non-hydrogen) atoms.